The molecule has 0 amide bonds. The molecule has 0 fully saturated rings. The first-order valence-corrected chi connectivity index (χ1v) is 7.17. The van der Waals surface area contributed by atoms with E-state index in [9.17, 15) is 5.11 Å². The van der Waals surface area contributed by atoms with Gasteiger partial charge in [0.05, 0.1) is 19.2 Å². The summed E-state index contributed by atoms with van der Waals surface area (Å²) in [5.74, 6) is 0.975. The summed E-state index contributed by atoms with van der Waals surface area (Å²) < 4.78 is 10.5. The highest BCUT2D eigenvalue weighted by molar-refractivity contribution is 6.33. The maximum absolute atomic E-state index is 10.6. The number of ether oxygens (including phenoxy) is 2. The summed E-state index contributed by atoms with van der Waals surface area (Å²) in [6.45, 7) is 2.08. The van der Waals surface area contributed by atoms with Gasteiger partial charge >= 0.3 is 0 Å². The lowest BCUT2D eigenvalue weighted by atomic mass is 9.98. The van der Waals surface area contributed by atoms with Crippen molar-refractivity contribution in [2.24, 2.45) is 0 Å². The molecule has 0 aromatic heterocycles. The SMILES string of the molecule is CCc1cccc(C(O)c2ccc(OC)c(OC)c2Cl)c1. The molecule has 2 aromatic carbocycles. The number of benzene rings is 2. The summed E-state index contributed by atoms with van der Waals surface area (Å²) in [7, 11) is 3.08. The van der Waals surface area contributed by atoms with E-state index in [-0.39, 0.29) is 0 Å². The van der Waals surface area contributed by atoms with Crippen molar-refractivity contribution >= 4 is 11.6 Å². The van der Waals surface area contributed by atoms with Gasteiger partial charge in [0.25, 0.3) is 0 Å². The number of halogens is 1. The smallest absolute Gasteiger partial charge is 0.179 e. The van der Waals surface area contributed by atoms with Gasteiger partial charge < -0.3 is 14.6 Å². The average Bonchev–Trinajstić information content (AvgIpc) is 2.53. The van der Waals surface area contributed by atoms with Crippen LogP contribution in [0.1, 0.15) is 29.7 Å². The third-order valence-electron chi connectivity index (χ3n) is 3.48. The molecular weight excluding hydrogens is 288 g/mol. The summed E-state index contributed by atoms with van der Waals surface area (Å²) in [5, 5.41) is 11.0. The molecule has 1 unspecified atom stereocenters. The highest BCUT2D eigenvalue weighted by Gasteiger charge is 2.20. The van der Waals surface area contributed by atoms with E-state index in [0.717, 1.165) is 12.0 Å². The van der Waals surface area contributed by atoms with Crippen LogP contribution in [0.25, 0.3) is 0 Å². The molecule has 4 heteroatoms. The van der Waals surface area contributed by atoms with Crippen LogP contribution < -0.4 is 9.47 Å². The maximum atomic E-state index is 10.6. The maximum Gasteiger partial charge on any atom is 0.179 e. The minimum Gasteiger partial charge on any atom is -0.493 e. The molecule has 0 aliphatic rings. The van der Waals surface area contributed by atoms with Crippen molar-refractivity contribution in [1.29, 1.82) is 0 Å². The van der Waals surface area contributed by atoms with E-state index < -0.39 is 6.10 Å². The second kappa shape index (κ2) is 6.83. The van der Waals surface area contributed by atoms with Gasteiger partial charge in [0.1, 0.15) is 6.10 Å². The van der Waals surface area contributed by atoms with E-state index in [1.54, 1.807) is 19.2 Å². The number of rotatable bonds is 5. The number of aliphatic hydroxyl groups excluding tert-OH is 1. The Morgan fingerprint density at radius 3 is 2.52 bits per heavy atom. The molecular formula is C17H19ClO3. The molecule has 1 atom stereocenters. The van der Waals surface area contributed by atoms with Crippen molar-refractivity contribution in [2.45, 2.75) is 19.4 Å². The van der Waals surface area contributed by atoms with Gasteiger partial charge in [-0.15, -0.1) is 0 Å². The zero-order valence-corrected chi connectivity index (χ0v) is 13.1. The zero-order chi connectivity index (χ0) is 15.4. The summed E-state index contributed by atoms with van der Waals surface area (Å²) >= 11 is 6.35. The molecule has 3 nitrogen and oxygen atoms in total. The Labute approximate surface area is 130 Å². The van der Waals surface area contributed by atoms with Crippen LogP contribution in [0, 0.1) is 0 Å². The van der Waals surface area contributed by atoms with Crippen LogP contribution in [-0.2, 0) is 6.42 Å². The average molecular weight is 307 g/mol. The Morgan fingerprint density at radius 1 is 1.14 bits per heavy atom. The number of methoxy groups -OCH3 is 2. The van der Waals surface area contributed by atoms with Crippen molar-refractivity contribution < 1.29 is 14.6 Å². The van der Waals surface area contributed by atoms with Crippen molar-refractivity contribution in [2.75, 3.05) is 14.2 Å². The first kappa shape index (κ1) is 15.7. The van der Waals surface area contributed by atoms with E-state index >= 15 is 0 Å². The zero-order valence-electron chi connectivity index (χ0n) is 12.4. The summed E-state index contributed by atoms with van der Waals surface area (Å²) in [4.78, 5) is 0. The van der Waals surface area contributed by atoms with Gasteiger partial charge in [0.2, 0.25) is 0 Å². The Bertz CT molecular complexity index is 625. The van der Waals surface area contributed by atoms with E-state index in [0.29, 0.717) is 22.1 Å². The van der Waals surface area contributed by atoms with Crippen molar-refractivity contribution in [3.05, 3.63) is 58.1 Å². The fraction of sp³-hybridized carbons (Fsp3) is 0.294. The molecule has 0 spiro atoms. The van der Waals surface area contributed by atoms with Crippen molar-refractivity contribution in [1.82, 2.24) is 0 Å². The highest BCUT2D eigenvalue weighted by Crippen LogP contribution is 2.41. The number of aliphatic hydroxyl groups is 1. The monoisotopic (exact) mass is 306 g/mol. The van der Waals surface area contributed by atoms with Crippen LogP contribution in [-0.4, -0.2) is 19.3 Å². The summed E-state index contributed by atoms with van der Waals surface area (Å²) in [6, 6.07) is 11.3. The minimum atomic E-state index is -0.802. The van der Waals surface area contributed by atoms with Gasteiger partial charge in [-0.2, -0.15) is 0 Å². The van der Waals surface area contributed by atoms with Gasteiger partial charge in [-0.25, -0.2) is 0 Å². The number of aryl methyl sites for hydroxylation is 1. The third-order valence-corrected chi connectivity index (χ3v) is 3.87. The standard InChI is InChI=1S/C17H19ClO3/c1-4-11-6-5-7-12(10-11)16(19)13-8-9-14(20-2)17(21-3)15(13)18/h5-10,16,19H,4H2,1-3H3. The topological polar surface area (TPSA) is 38.7 Å². The van der Waals surface area contributed by atoms with Crippen LogP contribution in [0.3, 0.4) is 0 Å². The normalized spacial score (nSPS) is 12.0. The molecule has 0 bridgehead atoms. The molecule has 21 heavy (non-hydrogen) atoms. The molecule has 1 N–H and O–H groups in total. The van der Waals surface area contributed by atoms with Gasteiger partial charge in [-0.05, 0) is 23.6 Å². The lowest BCUT2D eigenvalue weighted by Gasteiger charge is -2.17. The molecule has 0 saturated heterocycles. The molecule has 2 aromatic rings. The Hall–Kier alpha value is -1.71. The van der Waals surface area contributed by atoms with E-state index in [4.69, 9.17) is 21.1 Å². The fourth-order valence-corrected chi connectivity index (χ4v) is 2.61. The van der Waals surface area contributed by atoms with Crippen LogP contribution in [0.4, 0.5) is 0 Å². The van der Waals surface area contributed by atoms with Gasteiger partial charge in [0.15, 0.2) is 11.5 Å². The number of hydrogen-bond donors (Lipinski definition) is 1. The lowest BCUT2D eigenvalue weighted by Crippen LogP contribution is -2.03. The van der Waals surface area contributed by atoms with Crippen LogP contribution >= 0.6 is 11.6 Å². The van der Waals surface area contributed by atoms with E-state index in [1.165, 1.54) is 12.7 Å². The second-order valence-corrected chi connectivity index (χ2v) is 5.08. The second-order valence-electron chi connectivity index (χ2n) is 4.71. The van der Waals surface area contributed by atoms with Crippen molar-refractivity contribution in [3.63, 3.8) is 0 Å². The Kier molecular flexibility index (Phi) is 5.10. The first-order valence-electron chi connectivity index (χ1n) is 6.79. The quantitative estimate of drug-likeness (QED) is 0.907. The largest absolute Gasteiger partial charge is 0.493 e. The molecule has 0 saturated carbocycles. The molecule has 0 aliphatic heterocycles. The number of hydrogen-bond acceptors (Lipinski definition) is 3. The van der Waals surface area contributed by atoms with Crippen molar-refractivity contribution in [3.8, 4) is 11.5 Å². The summed E-state index contributed by atoms with van der Waals surface area (Å²) in [6.07, 6.45) is 0.115. The fourth-order valence-electron chi connectivity index (χ4n) is 2.28. The van der Waals surface area contributed by atoms with Gasteiger partial charge in [-0.1, -0.05) is 48.9 Å². The van der Waals surface area contributed by atoms with Gasteiger partial charge in [-0.3, -0.25) is 0 Å². The molecule has 112 valence electrons. The molecule has 2 rings (SSSR count). The molecule has 0 aliphatic carbocycles. The Balaban J connectivity index is 2.45. The summed E-state index contributed by atoms with van der Waals surface area (Å²) in [5.41, 5.74) is 2.58. The first-order chi connectivity index (χ1) is 10.1. The highest BCUT2D eigenvalue weighted by atomic mass is 35.5. The van der Waals surface area contributed by atoms with Crippen LogP contribution in [0.5, 0.6) is 11.5 Å². The van der Waals surface area contributed by atoms with E-state index in [1.807, 2.05) is 24.3 Å². The predicted octanol–water partition coefficient (Wildman–Crippen LogP) is 4.00. The molecule has 0 heterocycles. The lowest BCUT2D eigenvalue weighted by molar-refractivity contribution is 0.219. The predicted molar refractivity (Wildman–Crippen MR) is 84.4 cm³/mol. The Morgan fingerprint density at radius 2 is 1.90 bits per heavy atom. The third kappa shape index (κ3) is 3.14. The minimum absolute atomic E-state index is 0.367. The van der Waals surface area contributed by atoms with Gasteiger partial charge in [0, 0.05) is 5.56 Å². The molecule has 0 radical (unpaired) electrons. The van der Waals surface area contributed by atoms with E-state index in [2.05, 4.69) is 6.92 Å². The van der Waals surface area contributed by atoms with Crippen LogP contribution in [0.2, 0.25) is 5.02 Å². The van der Waals surface area contributed by atoms with Crippen LogP contribution in [0.15, 0.2) is 36.4 Å².